The Labute approximate surface area is 152 Å². The predicted octanol–water partition coefficient (Wildman–Crippen LogP) is 4.51. The van der Waals surface area contributed by atoms with Gasteiger partial charge in [-0.2, -0.15) is 18.2 Å². The van der Waals surface area contributed by atoms with Crippen LogP contribution in [0.5, 0.6) is 0 Å². The van der Waals surface area contributed by atoms with Crippen LogP contribution in [0.3, 0.4) is 0 Å². The number of esters is 1. The number of rotatable bonds is 5. The van der Waals surface area contributed by atoms with E-state index < -0.39 is 17.7 Å². The molecule has 0 aliphatic heterocycles. The third-order valence-corrected chi connectivity index (χ3v) is 3.46. The van der Waals surface area contributed by atoms with Gasteiger partial charge in [0.25, 0.3) is 5.89 Å². The van der Waals surface area contributed by atoms with Crippen molar-refractivity contribution in [1.82, 2.24) is 10.1 Å². The highest BCUT2D eigenvalue weighted by Crippen LogP contribution is 2.29. The van der Waals surface area contributed by atoms with Gasteiger partial charge < -0.3 is 9.26 Å². The van der Waals surface area contributed by atoms with E-state index in [2.05, 4.69) is 10.1 Å². The highest BCUT2D eigenvalue weighted by Gasteiger charge is 2.30. The van der Waals surface area contributed by atoms with E-state index in [1.807, 2.05) is 18.2 Å². The van der Waals surface area contributed by atoms with Crippen molar-refractivity contribution in [3.05, 3.63) is 77.7 Å². The van der Waals surface area contributed by atoms with Gasteiger partial charge in [-0.05, 0) is 23.8 Å². The average Bonchev–Trinajstić information content (AvgIpc) is 3.14. The second-order valence-electron chi connectivity index (χ2n) is 5.44. The molecule has 0 aliphatic carbocycles. The van der Waals surface area contributed by atoms with Gasteiger partial charge in [-0.15, -0.1) is 0 Å². The van der Waals surface area contributed by atoms with E-state index in [9.17, 15) is 18.0 Å². The molecule has 3 aromatic rings. The van der Waals surface area contributed by atoms with Crippen LogP contribution in [0.25, 0.3) is 17.5 Å². The molecule has 0 atom stereocenters. The van der Waals surface area contributed by atoms with E-state index in [1.54, 1.807) is 12.1 Å². The second-order valence-corrected chi connectivity index (χ2v) is 5.44. The lowest BCUT2D eigenvalue weighted by Crippen LogP contribution is -2.04. The molecule has 2 aromatic carbocycles. The number of hydrogen-bond acceptors (Lipinski definition) is 5. The van der Waals surface area contributed by atoms with E-state index in [0.717, 1.165) is 23.8 Å². The minimum Gasteiger partial charge on any atom is -0.452 e. The van der Waals surface area contributed by atoms with Crippen molar-refractivity contribution in [3.63, 3.8) is 0 Å². The van der Waals surface area contributed by atoms with Gasteiger partial charge in [0, 0.05) is 11.6 Å². The predicted molar refractivity (Wildman–Crippen MR) is 90.0 cm³/mol. The topological polar surface area (TPSA) is 65.2 Å². The Hall–Kier alpha value is -3.42. The van der Waals surface area contributed by atoms with Gasteiger partial charge >= 0.3 is 12.1 Å². The standard InChI is InChI=1S/C19H13F3N2O3/c20-19(21,22)15-8-4-5-13(11-15)9-10-17(25)26-12-16-23-18(24-27-16)14-6-2-1-3-7-14/h1-11H,12H2/b10-9+. The molecule has 1 heterocycles. The summed E-state index contributed by atoms with van der Waals surface area (Å²) < 4.78 is 47.9. The average molecular weight is 374 g/mol. The first-order valence-electron chi connectivity index (χ1n) is 7.82. The van der Waals surface area contributed by atoms with Crippen LogP contribution in [0, 0.1) is 0 Å². The van der Waals surface area contributed by atoms with Crippen LogP contribution < -0.4 is 0 Å². The number of alkyl halides is 3. The highest BCUT2D eigenvalue weighted by atomic mass is 19.4. The van der Waals surface area contributed by atoms with Gasteiger partial charge in [0.1, 0.15) is 0 Å². The molecule has 27 heavy (non-hydrogen) atoms. The van der Waals surface area contributed by atoms with Crippen molar-refractivity contribution < 1.29 is 27.2 Å². The lowest BCUT2D eigenvalue weighted by atomic mass is 10.1. The highest BCUT2D eigenvalue weighted by molar-refractivity contribution is 5.87. The molecule has 0 saturated carbocycles. The van der Waals surface area contributed by atoms with Crippen molar-refractivity contribution in [2.24, 2.45) is 0 Å². The lowest BCUT2D eigenvalue weighted by Gasteiger charge is -2.06. The molecule has 0 fully saturated rings. The van der Waals surface area contributed by atoms with Crippen LogP contribution in [0.1, 0.15) is 17.0 Å². The van der Waals surface area contributed by atoms with Crippen molar-refractivity contribution in [2.75, 3.05) is 0 Å². The van der Waals surface area contributed by atoms with Gasteiger partial charge in [-0.1, -0.05) is 47.6 Å². The van der Waals surface area contributed by atoms with Crippen LogP contribution >= 0.6 is 0 Å². The van der Waals surface area contributed by atoms with Gasteiger partial charge in [0.15, 0.2) is 6.61 Å². The molecule has 138 valence electrons. The summed E-state index contributed by atoms with van der Waals surface area (Å²) in [6.45, 7) is -0.244. The minimum absolute atomic E-state index is 0.106. The van der Waals surface area contributed by atoms with E-state index in [-0.39, 0.29) is 18.1 Å². The fourth-order valence-corrected chi connectivity index (χ4v) is 2.18. The zero-order chi connectivity index (χ0) is 19.3. The van der Waals surface area contributed by atoms with E-state index in [1.165, 1.54) is 18.2 Å². The van der Waals surface area contributed by atoms with Crippen LogP contribution in [0.15, 0.2) is 65.2 Å². The smallest absolute Gasteiger partial charge is 0.416 e. The third kappa shape index (κ3) is 5.04. The van der Waals surface area contributed by atoms with Crippen molar-refractivity contribution >= 4 is 12.0 Å². The second kappa shape index (κ2) is 7.86. The van der Waals surface area contributed by atoms with Gasteiger partial charge in [0.05, 0.1) is 5.56 Å². The van der Waals surface area contributed by atoms with Crippen LogP contribution in [-0.4, -0.2) is 16.1 Å². The maximum atomic E-state index is 12.7. The van der Waals surface area contributed by atoms with E-state index in [0.29, 0.717) is 5.82 Å². The Balaban J connectivity index is 1.57. The summed E-state index contributed by atoms with van der Waals surface area (Å²) in [6.07, 6.45) is -2.18. The summed E-state index contributed by atoms with van der Waals surface area (Å²) >= 11 is 0. The largest absolute Gasteiger partial charge is 0.452 e. The maximum absolute atomic E-state index is 12.7. The molecule has 5 nitrogen and oxygen atoms in total. The first-order chi connectivity index (χ1) is 12.9. The fourth-order valence-electron chi connectivity index (χ4n) is 2.18. The fraction of sp³-hybridized carbons (Fsp3) is 0.105. The van der Waals surface area contributed by atoms with Gasteiger partial charge in [-0.25, -0.2) is 4.79 Å². The Morgan fingerprint density at radius 2 is 1.89 bits per heavy atom. The minimum atomic E-state index is -4.45. The quantitative estimate of drug-likeness (QED) is 0.486. The molecule has 8 heteroatoms. The first-order valence-corrected chi connectivity index (χ1v) is 7.82. The molecule has 1 aromatic heterocycles. The van der Waals surface area contributed by atoms with Crippen LogP contribution in [0.4, 0.5) is 13.2 Å². The molecule has 3 rings (SSSR count). The molecule has 0 aliphatic rings. The van der Waals surface area contributed by atoms with Crippen molar-refractivity contribution in [1.29, 1.82) is 0 Å². The molecular formula is C19H13F3N2O3. The van der Waals surface area contributed by atoms with Gasteiger partial charge in [-0.3, -0.25) is 0 Å². The molecule has 0 unspecified atom stereocenters. The molecule has 0 radical (unpaired) electrons. The summed E-state index contributed by atoms with van der Waals surface area (Å²) in [5, 5.41) is 3.79. The SMILES string of the molecule is O=C(/C=C/c1cccc(C(F)(F)F)c1)OCc1nc(-c2ccccc2)no1. The van der Waals surface area contributed by atoms with E-state index >= 15 is 0 Å². The number of benzene rings is 2. The number of nitrogens with zero attached hydrogens (tertiary/aromatic N) is 2. The molecule has 0 bridgehead atoms. The monoisotopic (exact) mass is 374 g/mol. The summed E-state index contributed by atoms with van der Waals surface area (Å²) in [7, 11) is 0. The molecule has 0 spiro atoms. The van der Waals surface area contributed by atoms with Crippen molar-refractivity contribution in [2.45, 2.75) is 12.8 Å². The third-order valence-electron chi connectivity index (χ3n) is 3.46. The number of ether oxygens (including phenoxy) is 1. The zero-order valence-electron chi connectivity index (χ0n) is 13.8. The van der Waals surface area contributed by atoms with Crippen molar-refractivity contribution in [3.8, 4) is 11.4 Å². The molecule has 0 saturated heterocycles. The molecule has 0 amide bonds. The number of halogens is 3. The Morgan fingerprint density at radius 3 is 2.63 bits per heavy atom. The van der Waals surface area contributed by atoms with Crippen LogP contribution in [0.2, 0.25) is 0 Å². The normalized spacial score (nSPS) is 11.7. The summed E-state index contributed by atoms with van der Waals surface area (Å²) in [4.78, 5) is 15.8. The summed E-state index contributed by atoms with van der Waals surface area (Å²) in [5.74, 6) is -0.275. The molecular weight excluding hydrogens is 361 g/mol. The van der Waals surface area contributed by atoms with Gasteiger partial charge in [0.2, 0.25) is 5.82 Å². The number of hydrogen-bond donors (Lipinski definition) is 0. The van der Waals surface area contributed by atoms with E-state index in [4.69, 9.17) is 9.26 Å². The summed E-state index contributed by atoms with van der Waals surface area (Å²) in [5.41, 5.74) is 0.187. The lowest BCUT2D eigenvalue weighted by molar-refractivity contribution is -0.139. The first kappa shape index (κ1) is 18.4. The number of carbonyl (C=O) groups is 1. The number of aromatic nitrogens is 2. The number of carbonyl (C=O) groups excluding carboxylic acids is 1. The Morgan fingerprint density at radius 1 is 1.11 bits per heavy atom. The molecule has 0 N–H and O–H groups in total. The Bertz CT molecular complexity index is 950. The zero-order valence-corrected chi connectivity index (χ0v) is 13.8. The summed E-state index contributed by atoms with van der Waals surface area (Å²) in [6, 6.07) is 13.7. The van der Waals surface area contributed by atoms with Crippen LogP contribution in [-0.2, 0) is 22.3 Å². The maximum Gasteiger partial charge on any atom is 0.416 e. The Kier molecular flexibility index (Phi) is 5.35.